The van der Waals surface area contributed by atoms with Crippen LogP contribution in [0.25, 0.3) is 0 Å². The first-order chi connectivity index (χ1) is 14.6. The van der Waals surface area contributed by atoms with Crippen LogP contribution in [0.15, 0.2) is 18.2 Å². The summed E-state index contributed by atoms with van der Waals surface area (Å²) in [5.74, 6) is 0.134. The standard InChI is InChI=1S/C24H34O6/c1-2-18-13-14-21(27-16-23(25)29-19-9-5-3-6-10-19)22(15-18)28-17-24(26)30-20-11-7-4-8-12-20/h13-15,19-20H,2-12,16-17H2,1H3. The van der Waals surface area contributed by atoms with Crippen molar-refractivity contribution in [3.8, 4) is 11.5 Å². The molecule has 3 rings (SSSR count). The lowest BCUT2D eigenvalue weighted by Gasteiger charge is -2.22. The van der Waals surface area contributed by atoms with E-state index in [0.29, 0.717) is 11.5 Å². The van der Waals surface area contributed by atoms with Crippen LogP contribution in [-0.2, 0) is 25.5 Å². The van der Waals surface area contributed by atoms with E-state index in [4.69, 9.17) is 18.9 Å². The van der Waals surface area contributed by atoms with E-state index in [1.807, 2.05) is 19.1 Å². The van der Waals surface area contributed by atoms with Crippen molar-refractivity contribution in [3.05, 3.63) is 23.8 Å². The molecule has 0 N–H and O–H groups in total. The number of hydrogen-bond donors (Lipinski definition) is 0. The van der Waals surface area contributed by atoms with Crippen LogP contribution in [0.5, 0.6) is 11.5 Å². The zero-order valence-corrected chi connectivity index (χ0v) is 18.0. The Kier molecular flexibility index (Phi) is 8.84. The Hall–Kier alpha value is -2.24. The molecule has 1 aromatic rings. The van der Waals surface area contributed by atoms with Crippen molar-refractivity contribution in [2.24, 2.45) is 0 Å². The van der Waals surface area contributed by atoms with Crippen molar-refractivity contribution in [1.29, 1.82) is 0 Å². The molecule has 6 heteroatoms. The Bertz CT molecular complexity index is 689. The molecule has 0 atom stereocenters. The van der Waals surface area contributed by atoms with Crippen LogP contribution in [-0.4, -0.2) is 37.4 Å². The number of ether oxygens (including phenoxy) is 4. The normalized spacial score (nSPS) is 17.9. The van der Waals surface area contributed by atoms with Gasteiger partial charge in [-0.2, -0.15) is 0 Å². The highest BCUT2D eigenvalue weighted by molar-refractivity contribution is 5.72. The smallest absolute Gasteiger partial charge is 0.344 e. The lowest BCUT2D eigenvalue weighted by molar-refractivity contribution is -0.154. The van der Waals surface area contributed by atoms with Crippen molar-refractivity contribution < 1.29 is 28.5 Å². The number of carbonyl (C=O) groups excluding carboxylic acids is 2. The number of rotatable bonds is 9. The number of esters is 2. The highest BCUT2D eigenvalue weighted by atomic mass is 16.6. The quantitative estimate of drug-likeness (QED) is 0.539. The highest BCUT2D eigenvalue weighted by Crippen LogP contribution is 2.29. The number of aryl methyl sites for hydroxylation is 1. The fourth-order valence-corrected chi connectivity index (χ4v) is 4.08. The van der Waals surface area contributed by atoms with Crippen LogP contribution in [0, 0.1) is 0 Å². The molecule has 2 fully saturated rings. The topological polar surface area (TPSA) is 71.1 Å². The van der Waals surface area contributed by atoms with Crippen molar-refractivity contribution in [2.45, 2.75) is 89.8 Å². The molecule has 0 aromatic heterocycles. The van der Waals surface area contributed by atoms with Gasteiger partial charge in [0.05, 0.1) is 0 Å². The van der Waals surface area contributed by atoms with E-state index in [0.717, 1.165) is 63.4 Å². The average molecular weight is 419 g/mol. The van der Waals surface area contributed by atoms with Gasteiger partial charge in [0, 0.05) is 0 Å². The van der Waals surface area contributed by atoms with E-state index in [1.54, 1.807) is 6.07 Å². The Morgan fingerprint density at radius 1 is 0.767 bits per heavy atom. The zero-order chi connectivity index (χ0) is 21.2. The molecule has 0 aliphatic heterocycles. The second-order valence-electron chi connectivity index (χ2n) is 8.21. The van der Waals surface area contributed by atoms with Crippen LogP contribution in [0.1, 0.15) is 76.7 Å². The summed E-state index contributed by atoms with van der Waals surface area (Å²) >= 11 is 0. The summed E-state index contributed by atoms with van der Waals surface area (Å²) in [5.41, 5.74) is 1.06. The van der Waals surface area contributed by atoms with Gasteiger partial charge in [0.15, 0.2) is 24.7 Å². The summed E-state index contributed by atoms with van der Waals surface area (Å²) in [5, 5.41) is 0. The van der Waals surface area contributed by atoms with Gasteiger partial charge in [0.25, 0.3) is 0 Å². The lowest BCUT2D eigenvalue weighted by Crippen LogP contribution is -2.25. The minimum absolute atomic E-state index is 0.00195. The van der Waals surface area contributed by atoms with Gasteiger partial charge < -0.3 is 18.9 Å². The van der Waals surface area contributed by atoms with Crippen LogP contribution >= 0.6 is 0 Å². The van der Waals surface area contributed by atoms with Crippen LogP contribution in [0.2, 0.25) is 0 Å². The number of hydrogen-bond acceptors (Lipinski definition) is 6. The Labute approximate surface area is 179 Å². The summed E-state index contributed by atoms with van der Waals surface area (Å²) in [6.45, 7) is 1.69. The first-order valence-corrected chi connectivity index (χ1v) is 11.4. The van der Waals surface area contributed by atoms with Crippen LogP contribution < -0.4 is 9.47 Å². The molecule has 30 heavy (non-hydrogen) atoms. The number of benzene rings is 1. The van der Waals surface area contributed by atoms with Gasteiger partial charge in [-0.05, 0) is 75.5 Å². The van der Waals surface area contributed by atoms with Crippen molar-refractivity contribution >= 4 is 11.9 Å². The van der Waals surface area contributed by atoms with Gasteiger partial charge >= 0.3 is 11.9 Å². The largest absolute Gasteiger partial charge is 0.478 e. The maximum atomic E-state index is 12.2. The minimum Gasteiger partial charge on any atom is -0.478 e. The summed E-state index contributed by atoms with van der Waals surface area (Å²) in [6, 6.07) is 5.54. The first kappa shape index (κ1) is 22.4. The zero-order valence-electron chi connectivity index (χ0n) is 18.0. The van der Waals surface area contributed by atoms with Crippen LogP contribution in [0.4, 0.5) is 0 Å². The summed E-state index contributed by atoms with van der Waals surface area (Å²) < 4.78 is 22.4. The SMILES string of the molecule is CCc1ccc(OCC(=O)OC2CCCCC2)c(OCC(=O)OC2CCCCC2)c1. The molecule has 166 valence electrons. The van der Waals surface area contributed by atoms with E-state index in [1.165, 1.54) is 12.8 Å². The third kappa shape index (κ3) is 7.22. The molecule has 0 bridgehead atoms. The fraction of sp³-hybridized carbons (Fsp3) is 0.667. The highest BCUT2D eigenvalue weighted by Gasteiger charge is 2.20. The number of carbonyl (C=O) groups is 2. The molecule has 6 nitrogen and oxygen atoms in total. The van der Waals surface area contributed by atoms with Crippen LogP contribution in [0.3, 0.4) is 0 Å². The first-order valence-electron chi connectivity index (χ1n) is 11.4. The Morgan fingerprint density at radius 3 is 1.77 bits per heavy atom. The summed E-state index contributed by atoms with van der Waals surface area (Å²) in [4.78, 5) is 24.3. The van der Waals surface area contributed by atoms with Gasteiger partial charge in [-0.1, -0.05) is 25.8 Å². The van der Waals surface area contributed by atoms with Gasteiger partial charge in [-0.15, -0.1) is 0 Å². The maximum absolute atomic E-state index is 12.2. The fourth-order valence-electron chi connectivity index (χ4n) is 4.08. The average Bonchev–Trinajstić information content (AvgIpc) is 2.78. The van der Waals surface area contributed by atoms with Gasteiger partial charge in [-0.3, -0.25) is 0 Å². The van der Waals surface area contributed by atoms with Crippen molar-refractivity contribution in [2.75, 3.05) is 13.2 Å². The van der Waals surface area contributed by atoms with Gasteiger partial charge in [0.2, 0.25) is 0 Å². The monoisotopic (exact) mass is 418 g/mol. The van der Waals surface area contributed by atoms with E-state index in [2.05, 4.69) is 0 Å². The molecule has 0 amide bonds. The molecule has 2 aliphatic carbocycles. The molecule has 2 saturated carbocycles. The van der Waals surface area contributed by atoms with Gasteiger partial charge in [-0.25, -0.2) is 9.59 Å². The molecular formula is C24H34O6. The molecule has 2 aliphatic rings. The lowest BCUT2D eigenvalue weighted by atomic mass is 9.98. The van der Waals surface area contributed by atoms with Crippen molar-refractivity contribution in [1.82, 2.24) is 0 Å². The third-order valence-electron chi connectivity index (χ3n) is 5.81. The summed E-state index contributed by atoms with van der Waals surface area (Å²) in [7, 11) is 0. The predicted molar refractivity (Wildman–Crippen MR) is 113 cm³/mol. The van der Waals surface area contributed by atoms with Crippen molar-refractivity contribution in [3.63, 3.8) is 0 Å². The van der Waals surface area contributed by atoms with E-state index >= 15 is 0 Å². The molecule has 0 spiro atoms. The predicted octanol–water partition coefficient (Wildman–Crippen LogP) is 4.76. The Morgan fingerprint density at radius 2 is 1.27 bits per heavy atom. The maximum Gasteiger partial charge on any atom is 0.344 e. The molecule has 0 saturated heterocycles. The van der Waals surface area contributed by atoms with E-state index < -0.39 is 0 Å². The summed E-state index contributed by atoms with van der Waals surface area (Å²) in [6.07, 6.45) is 11.4. The molecule has 0 unspecified atom stereocenters. The van der Waals surface area contributed by atoms with Gasteiger partial charge in [0.1, 0.15) is 12.2 Å². The third-order valence-corrected chi connectivity index (χ3v) is 5.81. The Balaban J connectivity index is 1.51. The second-order valence-corrected chi connectivity index (χ2v) is 8.21. The minimum atomic E-state index is -0.371. The van der Waals surface area contributed by atoms with E-state index in [-0.39, 0.29) is 37.4 Å². The van der Waals surface area contributed by atoms with E-state index in [9.17, 15) is 9.59 Å². The second kappa shape index (κ2) is 11.8. The molecule has 0 heterocycles. The molecular weight excluding hydrogens is 384 g/mol. The molecule has 0 radical (unpaired) electrons. The molecule has 1 aromatic carbocycles.